The Hall–Kier alpha value is -1.72. The molecule has 1 fully saturated rings. The third-order valence-corrected chi connectivity index (χ3v) is 4.90. The zero-order valence-corrected chi connectivity index (χ0v) is 13.7. The normalized spacial score (nSPS) is 18.1. The quantitative estimate of drug-likeness (QED) is 0.821. The summed E-state index contributed by atoms with van der Waals surface area (Å²) in [5, 5.41) is 0. The summed E-state index contributed by atoms with van der Waals surface area (Å²) in [5.74, 6) is 1.93. The lowest BCUT2D eigenvalue weighted by Crippen LogP contribution is -2.31. The third-order valence-electron chi connectivity index (χ3n) is 4.90. The number of hydrogen-bond donors (Lipinski definition) is 0. The maximum atomic E-state index is 5.87. The second-order valence-electron chi connectivity index (χ2n) is 6.81. The number of imidazole rings is 1. The van der Waals surface area contributed by atoms with E-state index in [-0.39, 0.29) is 0 Å². The predicted molar refractivity (Wildman–Crippen MR) is 87.6 cm³/mol. The lowest BCUT2D eigenvalue weighted by Gasteiger charge is -2.29. The first kappa shape index (κ1) is 14.8. The number of pyridine rings is 1. The third kappa shape index (κ3) is 3.46. The highest BCUT2D eigenvalue weighted by Gasteiger charge is 2.23. The van der Waals surface area contributed by atoms with Crippen molar-refractivity contribution in [1.82, 2.24) is 19.4 Å². The highest BCUT2D eigenvalue weighted by atomic mass is 16.5. The largest absolute Gasteiger partial charge is 0.376 e. The van der Waals surface area contributed by atoms with E-state index in [9.17, 15) is 0 Å². The van der Waals surface area contributed by atoms with Crippen molar-refractivity contribution in [3.63, 3.8) is 0 Å². The molecule has 0 bridgehead atoms. The van der Waals surface area contributed by atoms with Gasteiger partial charge in [0, 0.05) is 51.5 Å². The summed E-state index contributed by atoms with van der Waals surface area (Å²) < 4.78 is 7.96. The summed E-state index contributed by atoms with van der Waals surface area (Å²) in [6.07, 6.45) is 11.6. The molecule has 122 valence electrons. The molecule has 1 aliphatic heterocycles. The van der Waals surface area contributed by atoms with E-state index in [0.717, 1.165) is 44.4 Å². The van der Waals surface area contributed by atoms with Gasteiger partial charge in [-0.15, -0.1) is 0 Å². The molecule has 0 N–H and O–H groups in total. The van der Waals surface area contributed by atoms with Gasteiger partial charge in [0.15, 0.2) is 0 Å². The number of aromatic nitrogens is 3. The molecule has 0 atom stereocenters. The highest BCUT2D eigenvalue weighted by Crippen LogP contribution is 2.29. The van der Waals surface area contributed by atoms with Gasteiger partial charge in [0.1, 0.15) is 5.82 Å². The summed E-state index contributed by atoms with van der Waals surface area (Å²) in [4.78, 5) is 11.3. The molecule has 2 aromatic rings. The maximum absolute atomic E-state index is 5.87. The number of nitrogens with zero attached hydrogens (tertiary/aromatic N) is 4. The Morgan fingerprint density at radius 1 is 1.30 bits per heavy atom. The average molecular weight is 312 g/mol. The Morgan fingerprint density at radius 3 is 3.00 bits per heavy atom. The molecule has 0 saturated heterocycles. The van der Waals surface area contributed by atoms with Gasteiger partial charge in [-0.2, -0.15) is 0 Å². The molecule has 4 rings (SSSR count). The minimum absolute atomic E-state index is 0.714. The average Bonchev–Trinajstić information content (AvgIpc) is 3.30. The van der Waals surface area contributed by atoms with Crippen molar-refractivity contribution < 1.29 is 4.74 Å². The molecule has 2 aromatic heterocycles. The van der Waals surface area contributed by atoms with Gasteiger partial charge in [-0.1, -0.05) is 0 Å². The maximum Gasteiger partial charge on any atom is 0.122 e. The van der Waals surface area contributed by atoms with E-state index in [4.69, 9.17) is 4.74 Å². The SMILES string of the molecule is Cn1ccnc1CN1CCc2c(COCC3CC3)cncc2C1. The first-order valence-corrected chi connectivity index (χ1v) is 8.50. The summed E-state index contributed by atoms with van der Waals surface area (Å²) >= 11 is 0. The van der Waals surface area contributed by atoms with Crippen LogP contribution in [0, 0.1) is 5.92 Å². The van der Waals surface area contributed by atoms with E-state index in [2.05, 4.69) is 26.5 Å². The fourth-order valence-electron chi connectivity index (χ4n) is 3.25. The van der Waals surface area contributed by atoms with Gasteiger partial charge in [0.05, 0.1) is 13.2 Å². The van der Waals surface area contributed by atoms with Crippen molar-refractivity contribution >= 4 is 0 Å². The molecule has 0 spiro atoms. The summed E-state index contributed by atoms with van der Waals surface area (Å²) in [6, 6.07) is 0. The minimum atomic E-state index is 0.714. The lowest BCUT2D eigenvalue weighted by molar-refractivity contribution is 0.110. The second-order valence-corrected chi connectivity index (χ2v) is 6.81. The first-order chi connectivity index (χ1) is 11.3. The van der Waals surface area contributed by atoms with Crippen molar-refractivity contribution in [2.24, 2.45) is 13.0 Å². The van der Waals surface area contributed by atoms with Crippen molar-refractivity contribution in [3.05, 3.63) is 47.3 Å². The number of rotatable bonds is 6. The van der Waals surface area contributed by atoms with Crippen LogP contribution in [0.2, 0.25) is 0 Å². The Bertz CT molecular complexity index is 677. The van der Waals surface area contributed by atoms with Gasteiger partial charge < -0.3 is 9.30 Å². The number of aryl methyl sites for hydroxylation is 1. The number of fused-ring (bicyclic) bond motifs is 1. The van der Waals surface area contributed by atoms with Crippen LogP contribution in [0.4, 0.5) is 0 Å². The molecule has 0 amide bonds. The zero-order valence-electron chi connectivity index (χ0n) is 13.7. The fraction of sp³-hybridized carbons (Fsp3) is 0.556. The van der Waals surface area contributed by atoms with Crippen LogP contribution >= 0.6 is 0 Å². The molecule has 0 radical (unpaired) electrons. The molecule has 0 unspecified atom stereocenters. The van der Waals surface area contributed by atoms with E-state index in [1.807, 2.05) is 24.8 Å². The van der Waals surface area contributed by atoms with E-state index < -0.39 is 0 Å². The molecule has 5 nitrogen and oxygen atoms in total. The van der Waals surface area contributed by atoms with Gasteiger partial charge in [-0.3, -0.25) is 9.88 Å². The van der Waals surface area contributed by atoms with E-state index in [1.165, 1.54) is 29.5 Å². The van der Waals surface area contributed by atoms with Crippen molar-refractivity contribution in [1.29, 1.82) is 0 Å². The summed E-state index contributed by atoms with van der Waals surface area (Å²) in [7, 11) is 2.05. The van der Waals surface area contributed by atoms with E-state index >= 15 is 0 Å². The zero-order chi connectivity index (χ0) is 15.6. The van der Waals surface area contributed by atoms with Gasteiger partial charge in [-0.05, 0) is 41.9 Å². The molecule has 0 aromatic carbocycles. The minimum Gasteiger partial charge on any atom is -0.376 e. The Labute approximate surface area is 137 Å². The molecule has 1 saturated carbocycles. The van der Waals surface area contributed by atoms with Crippen LogP contribution in [-0.4, -0.2) is 32.6 Å². The Balaban J connectivity index is 1.41. The number of ether oxygens (including phenoxy) is 1. The summed E-state index contributed by atoms with van der Waals surface area (Å²) in [5.41, 5.74) is 4.07. The van der Waals surface area contributed by atoms with Crippen molar-refractivity contribution in [2.45, 2.75) is 39.0 Å². The molecule has 1 aliphatic carbocycles. The van der Waals surface area contributed by atoms with Crippen molar-refractivity contribution in [2.75, 3.05) is 13.2 Å². The second kappa shape index (κ2) is 6.42. The van der Waals surface area contributed by atoms with E-state index in [0.29, 0.717) is 6.61 Å². The highest BCUT2D eigenvalue weighted by molar-refractivity contribution is 5.33. The first-order valence-electron chi connectivity index (χ1n) is 8.50. The molecule has 5 heteroatoms. The van der Waals surface area contributed by atoms with Crippen LogP contribution in [-0.2, 0) is 37.9 Å². The van der Waals surface area contributed by atoms with Crippen molar-refractivity contribution in [3.8, 4) is 0 Å². The molecular weight excluding hydrogens is 288 g/mol. The fourth-order valence-corrected chi connectivity index (χ4v) is 3.25. The molecule has 23 heavy (non-hydrogen) atoms. The van der Waals surface area contributed by atoms with Gasteiger partial charge in [0.25, 0.3) is 0 Å². The predicted octanol–water partition coefficient (Wildman–Crippen LogP) is 2.30. The standard InChI is InChI=1S/C18H24N4O/c1-21-7-5-20-18(21)11-22-6-4-17-15(10-22)8-19-9-16(17)13-23-12-14-2-3-14/h5,7-9,14H,2-4,6,10-13H2,1H3. The Morgan fingerprint density at radius 2 is 2.22 bits per heavy atom. The van der Waals surface area contributed by atoms with Crippen LogP contribution in [0.5, 0.6) is 0 Å². The topological polar surface area (TPSA) is 43.2 Å². The van der Waals surface area contributed by atoms with Gasteiger partial charge >= 0.3 is 0 Å². The van der Waals surface area contributed by atoms with Crippen LogP contribution in [0.25, 0.3) is 0 Å². The summed E-state index contributed by atoms with van der Waals surface area (Å²) in [6.45, 7) is 4.54. The monoisotopic (exact) mass is 312 g/mol. The Kier molecular flexibility index (Phi) is 4.14. The van der Waals surface area contributed by atoms with Crippen LogP contribution in [0.3, 0.4) is 0 Å². The van der Waals surface area contributed by atoms with Crippen LogP contribution in [0.1, 0.15) is 35.4 Å². The van der Waals surface area contributed by atoms with E-state index in [1.54, 1.807) is 0 Å². The van der Waals surface area contributed by atoms with Crippen LogP contribution < -0.4 is 0 Å². The lowest BCUT2D eigenvalue weighted by atomic mass is 9.97. The molecular formula is C18H24N4O. The smallest absolute Gasteiger partial charge is 0.122 e. The van der Waals surface area contributed by atoms with Gasteiger partial charge in [-0.25, -0.2) is 4.98 Å². The molecule has 3 heterocycles. The number of hydrogen-bond acceptors (Lipinski definition) is 4. The molecule has 2 aliphatic rings. The van der Waals surface area contributed by atoms with Crippen LogP contribution in [0.15, 0.2) is 24.8 Å². The van der Waals surface area contributed by atoms with Gasteiger partial charge in [0.2, 0.25) is 0 Å².